The summed E-state index contributed by atoms with van der Waals surface area (Å²) in [5.74, 6) is -1.30. The van der Waals surface area contributed by atoms with Gasteiger partial charge < -0.3 is 16.3 Å². The van der Waals surface area contributed by atoms with Crippen LogP contribution in [0.15, 0.2) is 0 Å². The number of unbranched alkanes of at least 4 members (excludes halogenated alkanes) is 6. The number of hydrogen-bond acceptors (Lipinski definition) is 3. The van der Waals surface area contributed by atoms with Gasteiger partial charge >= 0.3 is 0 Å². The predicted molar refractivity (Wildman–Crippen MR) is 92.4 cm³/mol. The molecule has 0 fully saturated rings. The molecule has 0 aliphatic carbocycles. The number of rotatable bonds is 13. The fourth-order valence-corrected chi connectivity index (χ4v) is 2.95. The van der Waals surface area contributed by atoms with E-state index in [0.717, 1.165) is 51.2 Å². The van der Waals surface area contributed by atoms with E-state index in [1.165, 1.54) is 0 Å². The Hall–Kier alpha value is -1.39. The molecule has 0 radical (unpaired) electrons. The van der Waals surface area contributed by atoms with Crippen molar-refractivity contribution in [1.82, 2.24) is 0 Å². The first-order valence-electron chi connectivity index (χ1n) is 8.73. The van der Waals surface area contributed by atoms with Crippen molar-refractivity contribution in [2.24, 2.45) is 28.7 Å². The van der Waals surface area contributed by atoms with Gasteiger partial charge in [0.25, 0.3) is 0 Å². The Labute approximate surface area is 140 Å². The molecular weight excluding hydrogens is 292 g/mol. The van der Waals surface area contributed by atoms with Crippen molar-refractivity contribution in [3.05, 3.63) is 0 Å². The van der Waals surface area contributed by atoms with Gasteiger partial charge in [0.1, 0.15) is 6.29 Å². The maximum atomic E-state index is 11.7. The molecule has 0 saturated carbocycles. The molecule has 0 rings (SSSR count). The third kappa shape index (κ3) is 10.1. The number of nitrogens with two attached hydrogens (primary N) is 2. The Kier molecular flexibility index (Phi) is 10.5. The normalized spacial score (nSPS) is 14.2. The van der Waals surface area contributed by atoms with Crippen molar-refractivity contribution in [2.45, 2.75) is 78.6 Å². The minimum absolute atomic E-state index is 0.230. The number of hydrogen-bond donors (Lipinski definition) is 2. The molecule has 0 saturated heterocycles. The minimum Gasteiger partial charge on any atom is -0.370 e. The zero-order chi connectivity index (χ0) is 17.9. The lowest BCUT2D eigenvalue weighted by Gasteiger charge is -2.31. The summed E-state index contributed by atoms with van der Waals surface area (Å²) in [6.45, 7) is 5.90. The second kappa shape index (κ2) is 11.2. The molecule has 0 aromatic heterocycles. The lowest BCUT2D eigenvalue weighted by molar-refractivity contribution is -0.130. The van der Waals surface area contributed by atoms with Crippen molar-refractivity contribution < 1.29 is 14.4 Å². The largest absolute Gasteiger partial charge is 0.370 e. The van der Waals surface area contributed by atoms with E-state index in [1.54, 1.807) is 0 Å². The number of amides is 2. The summed E-state index contributed by atoms with van der Waals surface area (Å²) >= 11 is 0. The average Bonchev–Trinajstić information content (AvgIpc) is 2.42. The predicted octanol–water partition coefficient (Wildman–Crippen LogP) is 2.95. The highest BCUT2D eigenvalue weighted by molar-refractivity contribution is 5.80. The summed E-state index contributed by atoms with van der Waals surface area (Å²) in [7, 11) is 0. The zero-order valence-electron chi connectivity index (χ0n) is 15.0. The Bertz CT molecular complexity index is 375. The van der Waals surface area contributed by atoms with Gasteiger partial charge in [0.15, 0.2) is 0 Å². The van der Waals surface area contributed by atoms with E-state index in [0.29, 0.717) is 12.8 Å². The van der Waals surface area contributed by atoms with Gasteiger partial charge in [-0.15, -0.1) is 0 Å². The van der Waals surface area contributed by atoms with Crippen molar-refractivity contribution >= 4 is 18.1 Å². The molecule has 2 unspecified atom stereocenters. The van der Waals surface area contributed by atoms with Crippen LogP contribution in [0.5, 0.6) is 0 Å². The van der Waals surface area contributed by atoms with E-state index < -0.39 is 0 Å². The Morgan fingerprint density at radius 1 is 0.913 bits per heavy atom. The molecule has 5 nitrogen and oxygen atoms in total. The first kappa shape index (κ1) is 21.6. The van der Waals surface area contributed by atoms with Gasteiger partial charge in [0.05, 0.1) is 0 Å². The van der Waals surface area contributed by atoms with Crippen molar-refractivity contribution in [1.29, 1.82) is 0 Å². The average molecular weight is 326 g/mol. The van der Waals surface area contributed by atoms with E-state index in [9.17, 15) is 14.4 Å². The van der Waals surface area contributed by atoms with Crippen molar-refractivity contribution in [3.8, 4) is 0 Å². The van der Waals surface area contributed by atoms with Crippen molar-refractivity contribution in [3.63, 3.8) is 0 Å². The molecule has 4 N–H and O–H groups in total. The molecule has 0 aliphatic heterocycles. The second-order valence-electron chi connectivity index (χ2n) is 7.52. The summed E-state index contributed by atoms with van der Waals surface area (Å²) in [4.78, 5) is 33.6. The molecule has 0 aromatic carbocycles. The maximum absolute atomic E-state index is 11.7. The molecule has 2 amide bonds. The third-order valence-electron chi connectivity index (χ3n) is 4.38. The van der Waals surface area contributed by atoms with Gasteiger partial charge in [-0.3, -0.25) is 9.59 Å². The lowest BCUT2D eigenvalue weighted by Crippen LogP contribution is -2.37. The summed E-state index contributed by atoms with van der Waals surface area (Å²) in [5.41, 5.74) is 10.3. The van der Waals surface area contributed by atoms with E-state index >= 15 is 0 Å². The van der Waals surface area contributed by atoms with Gasteiger partial charge in [-0.1, -0.05) is 59.3 Å². The van der Waals surface area contributed by atoms with Crippen LogP contribution < -0.4 is 11.5 Å². The van der Waals surface area contributed by atoms with E-state index in [4.69, 9.17) is 11.5 Å². The van der Waals surface area contributed by atoms with Crippen LogP contribution in [-0.2, 0) is 14.4 Å². The van der Waals surface area contributed by atoms with Gasteiger partial charge in [0, 0.05) is 18.3 Å². The summed E-state index contributed by atoms with van der Waals surface area (Å²) < 4.78 is 0. The van der Waals surface area contributed by atoms with Crippen LogP contribution in [0.4, 0.5) is 0 Å². The molecule has 0 aliphatic rings. The molecule has 0 heterocycles. The highest BCUT2D eigenvalue weighted by Gasteiger charge is 2.34. The standard InChI is InChI=1S/C18H34N2O3/c1-18(2,3)15(13-21)14(17(20)23)11-9-7-5-4-6-8-10-12-16(19)22/h13-15H,4-12H2,1-3H3,(H2,19,22)(H2,20,23). The molecule has 134 valence electrons. The van der Waals surface area contributed by atoms with Crippen LogP contribution >= 0.6 is 0 Å². The fraction of sp³-hybridized carbons (Fsp3) is 0.833. The number of primary amides is 2. The van der Waals surface area contributed by atoms with E-state index in [2.05, 4.69) is 0 Å². The summed E-state index contributed by atoms with van der Waals surface area (Å²) in [5, 5.41) is 0. The molecule has 23 heavy (non-hydrogen) atoms. The van der Waals surface area contributed by atoms with Gasteiger partial charge in [-0.25, -0.2) is 0 Å². The minimum atomic E-state index is -0.372. The molecule has 2 atom stereocenters. The summed E-state index contributed by atoms with van der Waals surface area (Å²) in [6.07, 6.45) is 9.21. The van der Waals surface area contributed by atoms with Gasteiger partial charge in [0.2, 0.25) is 11.8 Å². The highest BCUT2D eigenvalue weighted by Crippen LogP contribution is 2.33. The lowest BCUT2D eigenvalue weighted by atomic mass is 9.72. The molecule has 0 bridgehead atoms. The highest BCUT2D eigenvalue weighted by atomic mass is 16.1. The van der Waals surface area contributed by atoms with Crippen LogP contribution in [0.2, 0.25) is 0 Å². The van der Waals surface area contributed by atoms with E-state index in [-0.39, 0.29) is 29.1 Å². The third-order valence-corrected chi connectivity index (χ3v) is 4.38. The molecule has 5 heteroatoms. The van der Waals surface area contributed by atoms with Gasteiger partial charge in [-0.05, 0) is 18.3 Å². The Morgan fingerprint density at radius 3 is 1.78 bits per heavy atom. The Morgan fingerprint density at radius 2 is 1.39 bits per heavy atom. The topological polar surface area (TPSA) is 103 Å². The maximum Gasteiger partial charge on any atom is 0.221 e. The Balaban J connectivity index is 3.96. The first-order chi connectivity index (χ1) is 10.7. The number of aldehydes is 1. The van der Waals surface area contributed by atoms with Crippen LogP contribution in [0, 0.1) is 17.3 Å². The first-order valence-corrected chi connectivity index (χ1v) is 8.73. The second-order valence-corrected chi connectivity index (χ2v) is 7.52. The van der Waals surface area contributed by atoms with Crippen LogP contribution in [0.25, 0.3) is 0 Å². The molecular formula is C18H34N2O3. The fourth-order valence-electron chi connectivity index (χ4n) is 2.95. The molecule has 0 aromatic rings. The SMILES string of the molecule is CC(C)(C)C(C=O)C(CCCCCCCCCC(N)=O)C(N)=O. The van der Waals surface area contributed by atoms with Crippen LogP contribution in [-0.4, -0.2) is 18.1 Å². The quantitative estimate of drug-likeness (QED) is 0.401. The molecule has 0 spiro atoms. The van der Waals surface area contributed by atoms with E-state index in [1.807, 2.05) is 20.8 Å². The monoisotopic (exact) mass is 326 g/mol. The zero-order valence-corrected chi connectivity index (χ0v) is 15.0. The van der Waals surface area contributed by atoms with Crippen molar-refractivity contribution in [2.75, 3.05) is 0 Å². The van der Waals surface area contributed by atoms with Crippen LogP contribution in [0.1, 0.15) is 78.6 Å². The van der Waals surface area contributed by atoms with Gasteiger partial charge in [-0.2, -0.15) is 0 Å². The smallest absolute Gasteiger partial charge is 0.221 e. The van der Waals surface area contributed by atoms with Crippen LogP contribution in [0.3, 0.4) is 0 Å². The number of carbonyl (C=O) groups is 3. The number of carbonyl (C=O) groups excluding carboxylic acids is 3. The summed E-state index contributed by atoms with van der Waals surface area (Å²) in [6, 6.07) is 0.